The smallest absolute Gasteiger partial charge is 0.305 e. The molecular formula is C14H21NO2. The highest BCUT2D eigenvalue weighted by molar-refractivity contribution is 5.67. The van der Waals surface area contributed by atoms with E-state index in [2.05, 4.69) is 12.2 Å². The minimum absolute atomic E-state index is 0.0782. The van der Waals surface area contributed by atoms with E-state index in [0.717, 1.165) is 18.5 Å². The van der Waals surface area contributed by atoms with Gasteiger partial charge in [-0.3, -0.25) is 4.79 Å². The van der Waals surface area contributed by atoms with Crippen LogP contribution in [0.3, 0.4) is 0 Å². The molecule has 1 aromatic carbocycles. The molecule has 0 aliphatic rings. The van der Waals surface area contributed by atoms with Crippen LogP contribution in [0.1, 0.15) is 44.2 Å². The zero-order valence-electron chi connectivity index (χ0n) is 10.4. The summed E-state index contributed by atoms with van der Waals surface area (Å²) in [6.45, 7) is 3.03. The van der Waals surface area contributed by atoms with Crippen LogP contribution in [0.5, 0.6) is 0 Å². The van der Waals surface area contributed by atoms with Crippen molar-refractivity contribution in [3.05, 3.63) is 35.9 Å². The fraction of sp³-hybridized carbons (Fsp3) is 0.500. The van der Waals surface area contributed by atoms with E-state index in [1.54, 1.807) is 0 Å². The lowest BCUT2D eigenvalue weighted by molar-refractivity contribution is -0.137. The highest BCUT2D eigenvalue weighted by atomic mass is 16.4. The summed E-state index contributed by atoms with van der Waals surface area (Å²) in [4.78, 5) is 10.8. The van der Waals surface area contributed by atoms with Crippen LogP contribution in [0.15, 0.2) is 30.3 Å². The van der Waals surface area contributed by atoms with Crippen LogP contribution in [0, 0.1) is 0 Å². The van der Waals surface area contributed by atoms with Gasteiger partial charge in [0.05, 0.1) is 6.42 Å². The molecule has 0 fully saturated rings. The lowest BCUT2D eigenvalue weighted by atomic mass is 10.0. The van der Waals surface area contributed by atoms with Crippen LogP contribution >= 0.6 is 0 Å². The number of carboxylic acid groups (broad SMARTS) is 1. The molecule has 0 radical (unpaired) electrons. The number of nitrogens with one attached hydrogen (secondary N) is 1. The first-order chi connectivity index (χ1) is 8.24. The Morgan fingerprint density at radius 3 is 2.59 bits per heavy atom. The summed E-state index contributed by atoms with van der Waals surface area (Å²) in [5.74, 6) is -0.762. The first-order valence-electron chi connectivity index (χ1n) is 6.24. The Hall–Kier alpha value is -1.35. The van der Waals surface area contributed by atoms with Crippen LogP contribution in [0.25, 0.3) is 0 Å². The molecule has 1 atom stereocenters. The second-order valence-corrected chi connectivity index (χ2v) is 4.22. The molecule has 2 N–H and O–H groups in total. The van der Waals surface area contributed by atoms with E-state index in [1.165, 1.54) is 12.8 Å². The van der Waals surface area contributed by atoms with Gasteiger partial charge in [0.25, 0.3) is 0 Å². The molecule has 0 aliphatic carbocycles. The maximum absolute atomic E-state index is 10.8. The molecule has 3 nitrogen and oxygen atoms in total. The summed E-state index contributed by atoms with van der Waals surface area (Å²) in [7, 11) is 0. The van der Waals surface area contributed by atoms with Gasteiger partial charge in [-0.15, -0.1) is 0 Å². The zero-order chi connectivity index (χ0) is 12.5. The molecule has 0 heterocycles. The first-order valence-corrected chi connectivity index (χ1v) is 6.24. The lowest BCUT2D eigenvalue weighted by Gasteiger charge is -2.17. The average molecular weight is 235 g/mol. The molecule has 0 amide bonds. The summed E-state index contributed by atoms with van der Waals surface area (Å²) in [6.07, 6.45) is 3.59. The first kappa shape index (κ1) is 13.7. The summed E-state index contributed by atoms with van der Waals surface area (Å²) in [6, 6.07) is 9.69. The number of hydrogen-bond donors (Lipinski definition) is 2. The quantitative estimate of drug-likeness (QED) is 0.681. The van der Waals surface area contributed by atoms with Gasteiger partial charge in [0.1, 0.15) is 0 Å². The van der Waals surface area contributed by atoms with Crippen LogP contribution < -0.4 is 5.32 Å². The molecule has 3 heteroatoms. The van der Waals surface area contributed by atoms with Crippen molar-refractivity contribution in [2.45, 2.75) is 38.6 Å². The second-order valence-electron chi connectivity index (χ2n) is 4.22. The van der Waals surface area contributed by atoms with Gasteiger partial charge in [-0.2, -0.15) is 0 Å². The van der Waals surface area contributed by atoms with Crippen LogP contribution in [0.4, 0.5) is 0 Å². The van der Waals surface area contributed by atoms with Gasteiger partial charge in [-0.25, -0.2) is 0 Å². The van der Waals surface area contributed by atoms with Crippen molar-refractivity contribution in [2.75, 3.05) is 6.54 Å². The molecule has 1 unspecified atom stereocenters. The predicted molar refractivity (Wildman–Crippen MR) is 69.0 cm³/mol. The van der Waals surface area contributed by atoms with Crippen molar-refractivity contribution in [1.29, 1.82) is 0 Å². The number of carbonyl (C=O) groups is 1. The van der Waals surface area contributed by atoms with E-state index in [4.69, 9.17) is 5.11 Å². The summed E-state index contributed by atoms with van der Waals surface area (Å²) in [5, 5.41) is 12.2. The fourth-order valence-electron chi connectivity index (χ4n) is 1.82. The Bertz CT molecular complexity index is 324. The van der Waals surface area contributed by atoms with Crippen LogP contribution in [-0.4, -0.2) is 17.6 Å². The van der Waals surface area contributed by atoms with E-state index in [1.807, 2.05) is 30.3 Å². The summed E-state index contributed by atoms with van der Waals surface area (Å²) >= 11 is 0. The van der Waals surface area contributed by atoms with Crippen molar-refractivity contribution >= 4 is 5.97 Å². The summed E-state index contributed by atoms with van der Waals surface area (Å²) in [5.41, 5.74) is 1.05. The Balaban J connectivity index is 2.52. The molecule has 1 rings (SSSR count). The third-order valence-corrected chi connectivity index (χ3v) is 2.75. The van der Waals surface area contributed by atoms with Crippen molar-refractivity contribution < 1.29 is 9.90 Å². The maximum Gasteiger partial charge on any atom is 0.305 e. The minimum atomic E-state index is -0.762. The SMILES string of the molecule is CCCCCNC(CC(=O)O)c1ccccc1. The van der Waals surface area contributed by atoms with E-state index in [9.17, 15) is 4.79 Å². The van der Waals surface area contributed by atoms with Crippen molar-refractivity contribution in [3.63, 3.8) is 0 Å². The monoisotopic (exact) mass is 235 g/mol. The van der Waals surface area contributed by atoms with Crippen molar-refractivity contribution in [2.24, 2.45) is 0 Å². The number of unbranched alkanes of at least 4 members (excludes halogenated alkanes) is 2. The van der Waals surface area contributed by atoms with Crippen LogP contribution in [0.2, 0.25) is 0 Å². The highest BCUT2D eigenvalue weighted by Crippen LogP contribution is 2.16. The van der Waals surface area contributed by atoms with Gasteiger partial charge in [-0.05, 0) is 18.5 Å². The Labute approximate surface area is 103 Å². The summed E-state index contributed by atoms with van der Waals surface area (Å²) < 4.78 is 0. The molecule has 0 aromatic heterocycles. The molecule has 0 bridgehead atoms. The fourth-order valence-corrected chi connectivity index (χ4v) is 1.82. The lowest BCUT2D eigenvalue weighted by Crippen LogP contribution is -2.24. The molecule has 0 spiro atoms. The van der Waals surface area contributed by atoms with Crippen molar-refractivity contribution in [1.82, 2.24) is 5.32 Å². The standard InChI is InChI=1S/C14H21NO2/c1-2-3-7-10-15-13(11-14(16)17)12-8-5-4-6-9-12/h4-6,8-9,13,15H,2-3,7,10-11H2,1H3,(H,16,17). The Morgan fingerprint density at radius 2 is 2.00 bits per heavy atom. The Morgan fingerprint density at radius 1 is 1.29 bits per heavy atom. The topological polar surface area (TPSA) is 49.3 Å². The number of rotatable bonds is 8. The average Bonchev–Trinajstić information content (AvgIpc) is 2.34. The Kier molecular flexibility index (Phi) is 6.33. The maximum atomic E-state index is 10.8. The number of hydrogen-bond acceptors (Lipinski definition) is 2. The number of carboxylic acids is 1. The van der Waals surface area contributed by atoms with Gasteiger partial charge in [0, 0.05) is 6.04 Å². The molecule has 1 aromatic rings. The predicted octanol–water partition coefficient (Wildman–Crippen LogP) is 2.98. The third-order valence-electron chi connectivity index (χ3n) is 2.75. The normalized spacial score (nSPS) is 12.3. The number of aliphatic carboxylic acids is 1. The molecule has 0 aliphatic heterocycles. The van der Waals surface area contributed by atoms with Gasteiger partial charge in [0.2, 0.25) is 0 Å². The van der Waals surface area contributed by atoms with Gasteiger partial charge < -0.3 is 10.4 Å². The van der Waals surface area contributed by atoms with Crippen LogP contribution in [-0.2, 0) is 4.79 Å². The van der Waals surface area contributed by atoms with Gasteiger partial charge in [0.15, 0.2) is 0 Å². The molecule has 0 saturated heterocycles. The number of benzene rings is 1. The molecule has 17 heavy (non-hydrogen) atoms. The van der Waals surface area contributed by atoms with Crippen molar-refractivity contribution in [3.8, 4) is 0 Å². The molecule has 94 valence electrons. The van der Waals surface area contributed by atoms with E-state index in [-0.39, 0.29) is 12.5 Å². The second kappa shape index (κ2) is 7.85. The minimum Gasteiger partial charge on any atom is -0.481 e. The molecule has 0 saturated carbocycles. The third kappa shape index (κ3) is 5.50. The zero-order valence-corrected chi connectivity index (χ0v) is 10.4. The van der Waals surface area contributed by atoms with Gasteiger partial charge in [-0.1, -0.05) is 50.1 Å². The van der Waals surface area contributed by atoms with E-state index >= 15 is 0 Å². The van der Waals surface area contributed by atoms with Gasteiger partial charge >= 0.3 is 5.97 Å². The molecular weight excluding hydrogens is 214 g/mol. The highest BCUT2D eigenvalue weighted by Gasteiger charge is 2.13. The largest absolute Gasteiger partial charge is 0.481 e. The van der Waals surface area contributed by atoms with E-state index in [0.29, 0.717) is 0 Å². The van der Waals surface area contributed by atoms with E-state index < -0.39 is 5.97 Å².